The van der Waals surface area contributed by atoms with Gasteiger partial charge < -0.3 is 14.6 Å². The second-order valence-corrected chi connectivity index (χ2v) is 13.0. The van der Waals surface area contributed by atoms with Gasteiger partial charge in [0.2, 0.25) is 0 Å². The van der Waals surface area contributed by atoms with Crippen molar-refractivity contribution < 1.29 is 14.6 Å². The molecule has 0 aromatic heterocycles. The van der Waals surface area contributed by atoms with Crippen LogP contribution in [-0.4, -0.2) is 37.3 Å². The second kappa shape index (κ2) is 9.16. The summed E-state index contributed by atoms with van der Waals surface area (Å²) in [6.07, 6.45) is 3.98. The Hall–Kier alpha value is -0.423. The quantitative estimate of drug-likeness (QED) is 0.498. The molecular formula is C19H38O3Si. The van der Waals surface area contributed by atoms with Crippen molar-refractivity contribution in [1.29, 1.82) is 0 Å². The Morgan fingerprint density at radius 3 is 2.13 bits per heavy atom. The molecule has 0 saturated heterocycles. The van der Waals surface area contributed by atoms with Gasteiger partial charge in [-0.25, -0.2) is 0 Å². The molecule has 0 saturated carbocycles. The number of allylic oxidation sites excluding steroid dienone is 1. The van der Waals surface area contributed by atoms with E-state index in [2.05, 4.69) is 53.8 Å². The van der Waals surface area contributed by atoms with E-state index in [1.165, 1.54) is 5.57 Å². The first kappa shape index (κ1) is 22.6. The van der Waals surface area contributed by atoms with Crippen molar-refractivity contribution >= 4 is 8.32 Å². The highest BCUT2D eigenvalue weighted by Gasteiger charge is 2.41. The lowest BCUT2D eigenvalue weighted by atomic mass is 9.91. The van der Waals surface area contributed by atoms with E-state index in [-0.39, 0.29) is 23.7 Å². The molecule has 0 fully saturated rings. The van der Waals surface area contributed by atoms with Crippen LogP contribution in [0.25, 0.3) is 0 Å². The van der Waals surface area contributed by atoms with Gasteiger partial charge in [0.05, 0.1) is 18.8 Å². The molecule has 0 aromatic rings. The Morgan fingerprint density at radius 2 is 1.74 bits per heavy atom. The van der Waals surface area contributed by atoms with Crippen molar-refractivity contribution in [2.45, 2.75) is 85.2 Å². The minimum absolute atomic E-state index is 0.00284. The van der Waals surface area contributed by atoms with Gasteiger partial charge >= 0.3 is 0 Å². The Labute approximate surface area is 144 Å². The van der Waals surface area contributed by atoms with Crippen molar-refractivity contribution in [3.63, 3.8) is 0 Å². The Balaban J connectivity index is 5.26. The Bertz CT molecular complexity index is 419. The summed E-state index contributed by atoms with van der Waals surface area (Å²) in [6, 6.07) is 0. The van der Waals surface area contributed by atoms with Crippen LogP contribution in [0.1, 0.15) is 54.9 Å². The average Bonchev–Trinajstić information content (AvgIpc) is 2.47. The fourth-order valence-corrected chi connectivity index (χ4v) is 3.47. The van der Waals surface area contributed by atoms with Crippen LogP contribution in [0, 0.1) is 5.92 Å². The lowest BCUT2D eigenvalue weighted by molar-refractivity contribution is 0.0467. The van der Waals surface area contributed by atoms with E-state index in [1.807, 2.05) is 19.9 Å². The van der Waals surface area contributed by atoms with Crippen LogP contribution >= 0.6 is 0 Å². The third kappa shape index (κ3) is 6.92. The summed E-state index contributed by atoms with van der Waals surface area (Å²) >= 11 is 0. The summed E-state index contributed by atoms with van der Waals surface area (Å²) in [7, 11) is -1.91. The molecule has 3 atom stereocenters. The molecule has 3 nitrogen and oxygen atoms in total. The average molecular weight is 343 g/mol. The van der Waals surface area contributed by atoms with Crippen molar-refractivity contribution in [2.24, 2.45) is 5.92 Å². The fourth-order valence-electron chi connectivity index (χ4n) is 2.08. The number of aliphatic hydroxyl groups excluding tert-OH is 2. The van der Waals surface area contributed by atoms with Crippen molar-refractivity contribution in [2.75, 3.05) is 6.61 Å². The van der Waals surface area contributed by atoms with Gasteiger partial charge in [0.15, 0.2) is 8.32 Å². The summed E-state index contributed by atoms with van der Waals surface area (Å²) in [5.74, 6) is 0.00284. The van der Waals surface area contributed by atoms with Crippen LogP contribution in [0.15, 0.2) is 23.3 Å². The van der Waals surface area contributed by atoms with E-state index in [0.29, 0.717) is 6.42 Å². The second-order valence-electron chi connectivity index (χ2n) is 8.20. The van der Waals surface area contributed by atoms with Crippen LogP contribution < -0.4 is 0 Å². The van der Waals surface area contributed by atoms with Crippen molar-refractivity contribution in [1.82, 2.24) is 0 Å². The van der Waals surface area contributed by atoms with Crippen LogP contribution in [0.2, 0.25) is 18.1 Å². The summed E-state index contributed by atoms with van der Waals surface area (Å²) in [5, 5.41) is 19.8. The van der Waals surface area contributed by atoms with E-state index in [4.69, 9.17) is 9.53 Å². The molecule has 0 spiro atoms. The summed E-state index contributed by atoms with van der Waals surface area (Å²) < 4.78 is 6.61. The van der Waals surface area contributed by atoms with E-state index >= 15 is 0 Å². The molecule has 0 unspecified atom stereocenters. The first-order chi connectivity index (χ1) is 10.4. The zero-order chi connectivity index (χ0) is 18.4. The molecule has 2 N–H and O–H groups in total. The molecule has 0 aliphatic heterocycles. The molecule has 0 aliphatic carbocycles. The van der Waals surface area contributed by atoms with Gasteiger partial charge in [-0.2, -0.15) is 0 Å². The SMILES string of the molecule is C/C=C(\C)[C@H](O[Si](C)(C)C(C)(C)C)[C@@H](C)[C@@H](O)C/C=C(\C)CO. The smallest absolute Gasteiger partial charge is 0.192 e. The van der Waals surface area contributed by atoms with Crippen molar-refractivity contribution in [3.8, 4) is 0 Å². The summed E-state index contributed by atoms with van der Waals surface area (Å²) in [4.78, 5) is 0. The zero-order valence-electron chi connectivity index (χ0n) is 16.6. The van der Waals surface area contributed by atoms with E-state index in [9.17, 15) is 5.11 Å². The molecule has 4 heteroatoms. The van der Waals surface area contributed by atoms with Crippen LogP contribution in [0.4, 0.5) is 0 Å². The van der Waals surface area contributed by atoms with Gasteiger partial charge in [0, 0.05) is 5.92 Å². The van der Waals surface area contributed by atoms with Crippen LogP contribution in [0.3, 0.4) is 0 Å². The number of rotatable bonds is 8. The van der Waals surface area contributed by atoms with Gasteiger partial charge in [-0.05, 0) is 50.9 Å². The molecule has 0 bridgehead atoms. The third-order valence-corrected chi connectivity index (χ3v) is 9.63. The number of hydrogen-bond acceptors (Lipinski definition) is 3. The monoisotopic (exact) mass is 342 g/mol. The normalized spacial score (nSPS) is 18.7. The maximum Gasteiger partial charge on any atom is 0.192 e. The minimum Gasteiger partial charge on any atom is -0.410 e. The Kier molecular flexibility index (Phi) is 8.99. The highest BCUT2D eigenvalue weighted by atomic mass is 28.4. The van der Waals surface area contributed by atoms with Crippen molar-refractivity contribution in [3.05, 3.63) is 23.3 Å². The predicted octanol–water partition coefficient (Wildman–Crippen LogP) is 4.67. The first-order valence-electron chi connectivity index (χ1n) is 8.62. The lowest BCUT2D eigenvalue weighted by Gasteiger charge is -2.42. The summed E-state index contributed by atoms with van der Waals surface area (Å²) in [6.45, 7) is 19.3. The van der Waals surface area contributed by atoms with E-state index < -0.39 is 14.4 Å². The highest BCUT2D eigenvalue weighted by molar-refractivity contribution is 6.74. The molecule has 23 heavy (non-hydrogen) atoms. The van der Waals surface area contributed by atoms with Gasteiger partial charge in [-0.3, -0.25) is 0 Å². The molecule has 0 amide bonds. The van der Waals surface area contributed by atoms with Gasteiger partial charge in [0.25, 0.3) is 0 Å². The van der Waals surface area contributed by atoms with Crippen LogP contribution in [0.5, 0.6) is 0 Å². The van der Waals surface area contributed by atoms with Gasteiger partial charge in [0.1, 0.15) is 0 Å². The van der Waals surface area contributed by atoms with E-state index in [1.54, 1.807) is 0 Å². The molecule has 0 heterocycles. The molecule has 0 aliphatic rings. The molecule has 0 rings (SSSR count). The summed E-state index contributed by atoms with van der Waals surface area (Å²) in [5.41, 5.74) is 2.06. The van der Waals surface area contributed by atoms with Crippen LogP contribution in [-0.2, 0) is 4.43 Å². The molecular weight excluding hydrogens is 304 g/mol. The Morgan fingerprint density at radius 1 is 1.22 bits per heavy atom. The lowest BCUT2D eigenvalue weighted by Crippen LogP contribution is -2.47. The largest absolute Gasteiger partial charge is 0.410 e. The van der Waals surface area contributed by atoms with Gasteiger partial charge in [-0.1, -0.05) is 45.4 Å². The zero-order valence-corrected chi connectivity index (χ0v) is 17.6. The number of hydrogen-bond donors (Lipinski definition) is 2. The first-order valence-corrected chi connectivity index (χ1v) is 11.5. The number of aliphatic hydroxyl groups is 2. The highest BCUT2D eigenvalue weighted by Crippen LogP contribution is 2.39. The molecule has 0 aromatic carbocycles. The standard InChI is InChI=1S/C19H38O3Si/c1-10-15(3)18(22-23(8,9)19(5,6)7)16(4)17(21)12-11-14(2)13-20/h10-11,16-18,20-21H,12-13H2,1-9H3/b14-11+,15-10+/t16-,17-,18-/m0/s1. The van der Waals surface area contributed by atoms with E-state index in [0.717, 1.165) is 5.57 Å². The predicted molar refractivity (Wildman–Crippen MR) is 102 cm³/mol. The topological polar surface area (TPSA) is 49.7 Å². The fraction of sp³-hybridized carbons (Fsp3) is 0.789. The maximum absolute atomic E-state index is 10.6. The minimum atomic E-state index is -1.91. The molecule has 136 valence electrons. The van der Waals surface area contributed by atoms with Gasteiger partial charge in [-0.15, -0.1) is 0 Å². The third-order valence-electron chi connectivity index (χ3n) is 5.17. The molecule has 0 radical (unpaired) electrons. The maximum atomic E-state index is 10.6.